The van der Waals surface area contributed by atoms with Gasteiger partial charge in [-0.15, -0.1) is 0 Å². The van der Waals surface area contributed by atoms with E-state index in [1.54, 1.807) is 7.11 Å². The number of carbonyl (C=O) groups is 2. The molecule has 1 amide bonds. The van der Waals surface area contributed by atoms with Gasteiger partial charge in [0.25, 0.3) is 0 Å². The third-order valence-corrected chi connectivity index (χ3v) is 2.75. The molecule has 0 aliphatic rings. The molecule has 0 aromatic carbocycles. The van der Waals surface area contributed by atoms with Crippen molar-refractivity contribution in [2.24, 2.45) is 0 Å². The fourth-order valence-corrected chi connectivity index (χ4v) is 1.81. The van der Waals surface area contributed by atoms with Gasteiger partial charge >= 0.3 is 5.97 Å². The molecule has 5 nitrogen and oxygen atoms in total. The van der Waals surface area contributed by atoms with Gasteiger partial charge in [-0.25, -0.2) is 4.79 Å². The minimum Gasteiger partial charge on any atom is -0.480 e. The number of thioether (sulfide) groups is 1. The van der Waals surface area contributed by atoms with Crippen LogP contribution in [0.5, 0.6) is 0 Å². The fraction of sp³-hybridized carbons (Fsp3) is 0.750. The van der Waals surface area contributed by atoms with Gasteiger partial charge in [-0.05, 0) is 0 Å². The number of carbonyl (C=O) groups excluding carboxylic acids is 1. The third-order valence-electron chi connectivity index (χ3n) is 1.52. The van der Waals surface area contributed by atoms with Crippen LogP contribution in [-0.2, 0) is 14.3 Å². The first kappa shape index (κ1) is 13.2. The van der Waals surface area contributed by atoms with Crippen molar-refractivity contribution in [2.45, 2.75) is 18.2 Å². The van der Waals surface area contributed by atoms with E-state index < -0.39 is 12.0 Å². The first-order valence-electron chi connectivity index (χ1n) is 4.14. The lowest BCUT2D eigenvalue weighted by molar-refractivity contribution is -0.139. The Labute approximate surface area is 87.2 Å². The Balaban J connectivity index is 3.80. The summed E-state index contributed by atoms with van der Waals surface area (Å²) in [5.41, 5.74) is 0. The monoisotopic (exact) mass is 221 g/mol. The van der Waals surface area contributed by atoms with E-state index in [9.17, 15) is 9.59 Å². The number of nitrogens with one attached hydrogen (secondary N) is 1. The standard InChI is InChI=1S/C8H15NO4S/c1-6(3-13-2)14-4-7(8(11)12)9-5-10/h5-7H,3-4H2,1-2H3,(H,9,10)(H,11,12). The molecule has 0 aliphatic heterocycles. The van der Waals surface area contributed by atoms with Crippen molar-refractivity contribution in [3.05, 3.63) is 0 Å². The first-order valence-corrected chi connectivity index (χ1v) is 5.19. The Bertz CT molecular complexity index is 188. The molecule has 14 heavy (non-hydrogen) atoms. The molecule has 0 rings (SSSR count). The van der Waals surface area contributed by atoms with Crippen molar-refractivity contribution in [1.82, 2.24) is 5.32 Å². The Hall–Kier alpha value is -0.750. The van der Waals surface area contributed by atoms with Gasteiger partial charge in [0.05, 0.1) is 6.61 Å². The highest BCUT2D eigenvalue weighted by Gasteiger charge is 2.17. The molecule has 0 spiro atoms. The summed E-state index contributed by atoms with van der Waals surface area (Å²) in [6.45, 7) is 2.51. The molecule has 2 N–H and O–H groups in total. The van der Waals surface area contributed by atoms with Gasteiger partial charge in [-0.1, -0.05) is 6.92 Å². The number of ether oxygens (including phenoxy) is 1. The Morgan fingerprint density at radius 1 is 1.71 bits per heavy atom. The average Bonchev–Trinajstić information content (AvgIpc) is 2.12. The molecule has 0 saturated heterocycles. The van der Waals surface area contributed by atoms with Gasteiger partial charge in [0.15, 0.2) is 0 Å². The summed E-state index contributed by atoms with van der Waals surface area (Å²) in [5.74, 6) is -0.673. The van der Waals surface area contributed by atoms with Crippen LogP contribution in [0, 0.1) is 0 Å². The molecule has 0 aromatic rings. The fourth-order valence-electron chi connectivity index (χ4n) is 0.816. The van der Waals surface area contributed by atoms with E-state index >= 15 is 0 Å². The summed E-state index contributed by atoms with van der Waals surface area (Å²) >= 11 is 1.45. The molecule has 82 valence electrons. The highest BCUT2D eigenvalue weighted by atomic mass is 32.2. The number of carboxylic acid groups (broad SMARTS) is 1. The lowest BCUT2D eigenvalue weighted by Crippen LogP contribution is -2.38. The molecule has 2 unspecified atom stereocenters. The molecule has 2 atom stereocenters. The van der Waals surface area contributed by atoms with Gasteiger partial charge in [-0.3, -0.25) is 4.79 Å². The number of hydrogen-bond donors (Lipinski definition) is 2. The van der Waals surface area contributed by atoms with E-state index in [2.05, 4.69) is 5.32 Å². The zero-order valence-corrected chi connectivity index (χ0v) is 9.04. The second kappa shape index (κ2) is 7.64. The maximum atomic E-state index is 10.6. The molecular formula is C8H15NO4S. The summed E-state index contributed by atoms with van der Waals surface area (Å²) < 4.78 is 4.90. The molecule has 0 radical (unpaired) electrons. The zero-order valence-electron chi connectivity index (χ0n) is 8.23. The van der Waals surface area contributed by atoms with Crippen LogP contribution in [0.3, 0.4) is 0 Å². The van der Waals surface area contributed by atoms with E-state index in [0.717, 1.165) is 0 Å². The second-order valence-electron chi connectivity index (χ2n) is 2.77. The number of rotatable bonds is 8. The highest BCUT2D eigenvalue weighted by molar-refractivity contribution is 7.99. The van der Waals surface area contributed by atoms with Crippen LogP contribution in [-0.4, -0.2) is 48.2 Å². The second-order valence-corrected chi connectivity index (χ2v) is 4.25. The number of amides is 1. The average molecular weight is 221 g/mol. The van der Waals surface area contributed by atoms with Crippen molar-refractivity contribution in [3.8, 4) is 0 Å². The van der Waals surface area contributed by atoms with E-state index in [1.807, 2.05) is 6.92 Å². The number of methoxy groups -OCH3 is 1. The first-order chi connectivity index (χ1) is 6.61. The van der Waals surface area contributed by atoms with Crippen LogP contribution < -0.4 is 5.32 Å². The zero-order chi connectivity index (χ0) is 11.0. The van der Waals surface area contributed by atoms with E-state index in [0.29, 0.717) is 18.8 Å². The van der Waals surface area contributed by atoms with Crippen molar-refractivity contribution in [1.29, 1.82) is 0 Å². The molecule has 6 heteroatoms. The number of carboxylic acids is 1. The van der Waals surface area contributed by atoms with Gasteiger partial charge in [0.1, 0.15) is 6.04 Å². The van der Waals surface area contributed by atoms with E-state index in [4.69, 9.17) is 9.84 Å². The smallest absolute Gasteiger partial charge is 0.327 e. The van der Waals surface area contributed by atoms with Crippen molar-refractivity contribution in [2.75, 3.05) is 19.5 Å². The quantitative estimate of drug-likeness (QED) is 0.562. The van der Waals surface area contributed by atoms with Crippen molar-refractivity contribution in [3.63, 3.8) is 0 Å². The molecule has 0 saturated carbocycles. The van der Waals surface area contributed by atoms with Crippen LogP contribution in [0.4, 0.5) is 0 Å². The maximum absolute atomic E-state index is 10.6. The lowest BCUT2D eigenvalue weighted by Gasteiger charge is -2.14. The van der Waals surface area contributed by atoms with Crippen molar-refractivity contribution >= 4 is 24.1 Å². The van der Waals surface area contributed by atoms with Crippen LogP contribution >= 0.6 is 11.8 Å². The Kier molecular flexibility index (Phi) is 7.23. The van der Waals surface area contributed by atoms with E-state index in [-0.39, 0.29) is 5.25 Å². The van der Waals surface area contributed by atoms with E-state index in [1.165, 1.54) is 11.8 Å². The molecule has 0 heterocycles. The summed E-state index contributed by atoms with van der Waals surface area (Å²) in [6, 6.07) is -0.822. The minimum atomic E-state index is -1.02. The molecule has 0 aliphatic carbocycles. The predicted octanol–water partition coefficient (Wildman–Crippen LogP) is -0.0463. The van der Waals surface area contributed by atoms with Crippen LogP contribution in [0.2, 0.25) is 0 Å². The normalized spacial score (nSPS) is 14.4. The maximum Gasteiger partial charge on any atom is 0.327 e. The summed E-state index contributed by atoms with van der Waals surface area (Å²) in [6.07, 6.45) is 0.403. The Morgan fingerprint density at radius 2 is 2.36 bits per heavy atom. The minimum absolute atomic E-state index is 0.218. The Morgan fingerprint density at radius 3 is 2.79 bits per heavy atom. The largest absolute Gasteiger partial charge is 0.480 e. The molecule has 0 aromatic heterocycles. The third kappa shape index (κ3) is 5.82. The van der Waals surface area contributed by atoms with Crippen molar-refractivity contribution < 1.29 is 19.4 Å². The van der Waals surface area contributed by atoms with Crippen LogP contribution in [0.1, 0.15) is 6.92 Å². The summed E-state index contributed by atoms with van der Waals surface area (Å²) in [4.78, 5) is 20.7. The lowest BCUT2D eigenvalue weighted by atomic mass is 10.3. The molecule has 0 fully saturated rings. The molecular weight excluding hydrogens is 206 g/mol. The topological polar surface area (TPSA) is 75.6 Å². The highest BCUT2D eigenvalue weighted by Crippen LogP contribution is 2.11. The number of aliphatic carboxylic acids is 1. The van der Waals surface area contributed by atoms with Crippen LogP contribution in [0.15, 0.2) is 0 Å². The number of hydrogen-bond acceptors (Lipinski definition) is 4. The van der Waals surface area contributed by atoms with Gasteiger partial charge in [-0.2, -0.15) is 11.8 Å². The van der Waals surface area contributed by atoms with Crippen LogP contribution in [0.25, 0.3) is 0 Å². The predicted molar refractivity (Wildman–Crippen MR) is 54.4 cm³/mol. The van der Waals surface area contributed by atoms with Gasteiger partial charge in [0.2, 0.25) is 6.41 Å². The van der Waals surface area contributed by atoms with Gasteiger partial charge in [0, 0.05) is 18.1 Å². The van der Waals surface area contributed by atoms with Gasteiger partial charge < -0.3 is 15.2 Å². The molecule has 0 bridgehead atoms. The summed E-state index contributed by atoms with van der Waals surface area (Å²) in [5, 5.41) is 11.1. The summed E-state index contributed by atoms with van der Waals surface area (Å²) in [7, 11) is 1.59. The SMILES string of the molecule is COCC(C)SCC(NC=O)C(=O)O.